The van der Waals surface area contributed by atoms with Crippen LogP contribution in [0.25, 0.3) is 22.5 Å². The van der Waals surface area contributed by atoms with Gasteiger partial charge in [0.1, 0.15) is 11.4 Å². The van der Waals surface area contributed by atoms with E-state index in [-0.39, 0.29) is 28.0 Å². The highest BCUT2D eigenvalue weighted by molar-refractivity contribution is 6.31. The molecule has 0 fully saturated rings. The van der Waals surface area contributed by atoms with Gasteiger partial charge in [0, 0.05) is 17.1 Å². The molecule has 0 spiro atoms. The van der Waals surface area contributed by atoms with Crippen molar-refractivity contribution in [1.82, 2.24) is 14.8 Å². The number of furan rings is 1. The van der Waals surface area contributed by atoms with Crippen LogP contribution in [0.2, 0.25) is 5.02 Å². The number of hydrogen-bond acceptors (Lipinski definition) is 8. The predicted molar refractivity (Wildman–Crippen MR) is 123 cm³/mol. The maximum atomic E-state index is 12.9. The van der Waals surface area contributed by atoms with Crippen molar-refractivity contribution >= 4 is 45.9 Å². The number of fused-ring (bicyclic) bond motifs is 1. The lowest BCUT2D eigenvalue weighted by Crippen LogP contribution is -2.21. The number of benzene rings is 1. The zero-order chi connectivity index (χ0) is 24.4. The molecule has 0 aliphatic heterocycles. The number of pyridine rings is 1. The lowest BCUT2D eigenvalue weighted by Gasteiger charge is -2.10. The fraction of sp³-hybridized carbons (Fsp3) is 0.182. The van der Waals surface area contributed by atoms with E-state index >= 15 is 0 Å². The minimum absolute atomic E-state index is 0.0262. The molecule has 0 aliphatic rings. The lowest BCUT2D eigenvalue weighted by molar-refractivity contribution is -0.383. The van der Waals surface area contributed by atoms with Gasteiger partial charge in [-0.3, -0.25) is 14.9 Å². The van der Waals surface area contributed by atoms with Crippen LogP contribution < -0.4 is 5.32 Å². The highest BCUT2D eigenvalue weighted by Crippen LogP contribution is 2.29. The van der Waals surface area contributed by atoms with Crippen molar-refractivity contribution in [2.75, 3.05) is 11.9 Å². The van der Waals surface area contributed by atoms with Gasteiger partial charge in [0.2, 0.25) is 0 Å². The molecule has 0 unspecified atom stereocenters. The molecule has 174 valence electrons. The summed E-state index contributed by atoms with van der Waals surface area (Å²) in [6, 6.07) is 8.67. The summed E-state index contributed by atoms with van der Waals surface area (Å²) < 4.78 is 12.3. The molecule has 1 aromatic carbocycles. The number of nitro groups is 1. The molecule has 0 aliphatic carbocycles. The topological polar surface area (TPSA) is 142 Å². The zero-order valence-electron chi connectivity index (χ0n) is 18.0. The molecule has 0 atom stereocenters. The van der Waals surface area contributed by atoms with Gasteiger partial charge in [0.25, 0.3) is 11.6 Å². The van der Waals surface area contributed by atoms with E-state index in [1.165, 1.54) is 30.7 Å². The molecule has 4 rings (SSSR count). The van der Waals surface area contributed by atoms with E-state index in [1.807, 2.05) is 13.8 Å². The number of rotatable bonds is 7. The summed E-state index contributed by atoms with van der Waals surface area (Å²) in [5.74, 6) is -1.10. The van der Waals surface area contributed by atoms with Gasteiger partial charge in [-0.05, 0) is 44.2 Å². The predicted octanol–water partition coefficient (Wildman–Crippen LogP) is 4.63. The van der Waals surface area contributed by atoms with Crippen molar-refractivity contribution in [2.24, 2.45) is 0 Å². The van der Waals surface area contributed by atoms with Crippen molar-refractivity contribution in [3.05, 3.63) is 69.6 Å². The molecule has 1 N–H and O–H groups in total. The Labute approximate surface area is 197 Å². The number of nitrogens with one attached hydrogen (secondary N) is 1. The van der Waals surface area contributed by atoms with Crippen LogP contribution in [0.4, 0.5) is 11.4 Å². The van der Waals surface area contributed by atoms with Crippen molar-refractivity contribution in [1.29, 1.82) is 0 Å². The molecule has 0 bridgehead atoms. The number of carbonyl (C=O) groups is 2. The molecule has 12 heteroatoms. The summed E-state index contributed by atoms with van der Waals surface area (Å²) >= 11 is 5.78. The summed E-state index contributed by atoms with van der Waals surface area (Å²) in [5, 5.41) is 18.5. The first kappa shape index (κ1) is 22.9. The molecule has 3 aromatic heterocycles. The molecular formula is C22H18ClN5O6. The average molecular weight is 484 g/mol. The van der Waals surface area contributed by atoms with Crippen molar-refractivity contribution in [2.45, 2.75) is 19.9 Å². The Morgan fingerprint density at radius 1 is 1.29 bits per heavy atom. The molecule has 11 nitrogen and oxygen atoms in total. The van der Waals surface area contributed by atoms with Gasteiger partial charge in [-0.2, -0.15) is 5.10 Å². The number of nitrogens with zero attached hydrogens (tertiary/aromatic N) is 4. The summed E-state index contributed by atoms with van der Waals surface area (Å²) in [6.07, 6.45) is 2.99. The second-order valence-corrected chi connectivity index (χ2v) is 7.93. The Morgan fingerprint density at radius 2 is 2.09 bits per heavy atom. The first-order valence-electron chi connectivity index (χ1n) is 10.1. The SMILES string of the molecule is CC(C)n1ncc2c(C(=O)OCC(=O)Nc3ccc(Cl)cc3[N+](=O)[O-])cc(-c3ccco3)nc21. The van der Waals surface area contributed by atoms with Crippen LogP contribution in [-0.4, -0.2) is 38.2 Å². The number of nitro benzene ring substituents is 1. The van der Waals surface area contributed by atoms with Crippen LogP contribution in [0.5, 0.6) is 0 Å². The fourth-order valence-electron chi connectivity index (χ4n) is 3.27. The first-order chi connectivity index (χ1) is 16.2. The Hall–Kier alpha value is -4.25. The third-order valence-electron chi connectivity index (χ3n) is 4.81. The number of hydrogen-bond donors (Lipinski definition) is 1. The third kappa shape index (κ3) is 4.59. The second-order valence-electron chi connectivity index (χ2n) is 7.50. The molecule has 0 saturated heterocycles. The molecule has 3 heterocycles. The number of anilines is 1. The number of esters is 1. The fourth-order valence-corrected chi connectivity index (χ4v) is 3.44. The summed E-state index contributed by atoms with van der Waals surface area (Å²) in [7, 11) is 0. The first-order valence-corrected chi connectivity index (χ1v) is 10.5. The number of aromatic nitrogens is 3. The van der Waals surface area contributed by atoms with Gasteiger partial charge < -0.3 is 14.5 Å². The van der Waals surface area contributed by atoms with Crippen LogP contribution in [-0.2, 0) is 9.53 Å². The van der Waals surface area contributed by atoms with Gasteiger partial charge in [0.05, 0.1) is 28.3 Å². The largest absolute Gasteiger partial charge is 0.463 e. The maximum Gasteiger partial charge on any atom is 0.339 e. The van der Waals surface area contributed by atoms with E-state index in [4.69, 9.17) is 20.8 Å². The summed E-state index contributed by atoms with van der Waals surface area (Å²) in [5.41, 5.74) is 0.547. The molecule has 4 aromatic rings. The molecule has 1 amide bonds. The standard InChI is InChI=1S/C22H18ClN5O6/c1-12(2)27-21-15(10-24-27)14(9-17(26-21)19-4-3-7-33-19)22(30)34-11-20(29)25-16-6-5-13(23)8-18(16)28(31)32/h3-10,12H,11H2,1-2H3,(H,25,29). The Balaban J connectivity index is 1.57. The van der Waals surface area contributed by atoms with Crippen LogP contribution >= 0.6 is 11.6 Å². The van der Waals surface area contributed by atoms with Gasteiger partial charge in [-0.25, -0.2) is 14.5 Å². The number of amides is 1. The Morgan fingerprint density at radius 3 is 2.76 bits per heavy atom. The van der Waals surface area contributed by atoms with Crippen molar-refractivity contribution in [3.8, 4) is 11.5 Å². The van der Waals surface area contributed by atoms with E-state index in [1.54, 1.807) is 16.8 Å². The quantitative estimate of drug-likeness (QED) is 0.228. The van der Waals surface area contributed by atoms with Gasteiger partial charge in [0.15, 0.2) is 18.0 Å². The van der Waals surface area contributed by atoms with Gasteiger partial charge in [-0.1, -0.05) is 11.6 Å². The van der Waals surface area contributed by atoms with Crippen molar-refractivity contribution in [3.63, 3.8) is 0 Å². The molecule has 34 heavy (non-hydrogen) atoms. The zero-order valence-corrected chi connectivity index (χ0v) is 18.8. The summed E-state index contributed by atoms with van der Waals surface area (Å²) in [4.78, 5) is 40.3. The monoisotopic (exact) mass is 483 g/mol. The normalized spacial score (nSPS) is 11.1. The van der Waals surface area contributed by atoms with E-state index in [2.05, 4.69) is 15.4 Å². The summed E-state index contributed by atoms with van der Waals surface area (Å²) in [6.45, 7) is 3.18. The van der Waals surface area contributed by atoms with Gasteiger partial charge >= 0.3 is 5.97 Å². The number of halogens is 1. The highest BCUT2D eigenvalue weighted by atomic mass is 35.5. The lowest BCUT2D eigenvalue weighted by atomic mass is 10.1. The smallest absolute Gasteiger partial charge is 0.339 e. The highest BCUT2D eigenvalue weighted by Gasteiger charge is 2.22. The number of ether oxygens (including phenoxy) is 1. The van der Waals surface area contributed by atoms with Crippen LogP contribution in [0.3, 0.4) is 0 Å². The van der Waals surface area contributed by atoms with E-state index in [0.717, 1.165) is 6.07 Å². The molecule has 0 radical (unpaired) electrons. The molecular weight excluding hydrogens is 466 g/mol. The maximum absolute atomic E-state index is 12.9. The van der Waals surface area contributed by atoms with Crippen LogP contribution in [0, 0.1) is 10.1 Å². The Kier molecular flexibility index (Phi) is 6.28. The average Bonchev–Trinajstić information content (AvgIpc) is 3.48. The second kappa shape index (κ2) is 9.32. The Bertz CT molecular complexity index is 1400. The van der Waals surface area contributed by atoms with E-state index in [9.17, 15) is 19.7 Å². The van der Waals surface area contributed by atoms with E-state index < -0.39 is 23.4 Å². The minimum Gasteiger partial charge on any atom is -0.463 e. The van der Waals surface area contributed by atoms with Gasteiger partial charge in [-0.15, -0.1) is 0 Å². The van der Waals surface area contributed by atoms with E-state index in [0.29, 0.717) is 22.5 Å². The number of carbonyl (C=O) groups excluding carboxylic acids is 2. The van der Waals surface area contributed by atoms with Crippen molar-refractivity contribution < 1.29 is 23.7 Å². The van der Waals surface area contributed by atoms with Crippen LogP contribution in [0.15, 0.2) is 53.3 Å². The molecule has 0 saturated carbocycles. The van der Waals surface area contributed by atoms with Crippen LogP contribution in [0.1, 0.15) is 30.2 Å². The minimum atomic E-state index is -0.788. The third-order valence-corrected chi connectivity index (χ3v) is 5.05.